The molecule has 3 saturated heterocycles. The number of aliphatic hydroxyl groups excluding tert-OH is 1. The smallest absolute Gasteiger partial charge is 0.387 e. The molecule has 4 aromatic heterocycles. The van der Waals surface area contributed by atoms with Crippen LogP contribution in [0.2, 0.25) is 5.28 Å². The van der Waals surface area contributed by atoms with Crippen molar-refractivity contribution in [2.24, 2.45) is 5.92 Å². The first kappa shape index (κ1) is 30.6. The van der Waals surface area contributed by atoms with Gasteiger partial charge in [-0.3, -0.25) is 28.0 Å². The molecule has 4 aromatic rings. The fourth-order valence-electron chi connectivity index (χ4n) is 6.15. The first-order chi connectivity index (χ1) is 21.8. The molecular formula is C21H23ClN10O11P2S. The van der Waals surface area contributed by atoms with Gasteiger partial charge in [0.2, 0.25) is 11.2 Å². The van der Waals surface area contributed by atoms with Gasteiger partial charge in [0.05, 0.1) is 25.9 Å². The van der Waals surface area contributed by atoms with Crippen molar-refractivity contribution in [1.29, 1.82) is 0 Å². The van der Waals surface area contributed by atoms with E-state index in [1.165, 1.54) is 10.9 Å². The Kier molecular flexibility index (Phi) is 6.93. The average molecular weight is 721 g/mol. The van der Waals surface area contributed by atoms with E-state index in [-0.39, 0.29) is 39.4 Å². The van der Waals surface area contributed by atoms with E-state index in [1.54, 1.807) is 4.57 Å². The van der Waals surface area contributed by atoms with Gasteiger partial charge in [0.1, 0.15) is 36.0 Å². The topological polar surface area (TPSA) is 292 Å². The van der Waals surface area contributed by atoms with Crippen LogP contribution in [0.15, 0.2) is 17.4 Å². The predicted octanol–water partition coefficient (Wildman–Crippen LogP) is -0.759. The zero-order chi connectivity index (χ0) is 32.3. The second-order valence-corrected chi connectivity index (χ2v) is 15.5. The first-order valence-electron chi connectivity index (χ1n) is 13.5. The van der Waals surface area contributed by atoms with Crippen LogP contribution < -0.4 is 17.0 Å². The number of anilines is 2. The SMILES string of the molecule is Nc1nc2c(ncn2[C@@H]2O[C@@H]3COP(O)(=S)OC4C5C[C@]5(n5cnc6c(N)nc(Cl)nc65)O[C@@H]4COP(=O)(O)OC2C3O)c(=O)[nH]1. The summed E-state index contributed by atoms with van der Waals surface area (Å²) in [6.07, 6.45) is -5.06. The summed E-state index contributed by atoms with van der Waals surface area (Å²) in [4.78, 5) is 57.0. The Morgan fingerprint density at radius 1 is 1.04 bits per heavy atom. The van der Waals surface area contributed by atoms with E-state index in [9.17, 15) is 24.3 Å². The van der Waals surface area contributed by atoms with Crippen LogP contribution in [0.4, 0.5) is 11.8 Å². The molecule has 7 heterocycles. The number of halogens is 1. The molecule has 10 atom stereocenters. The zero-order valence-corrected chi connectivity index (χ0v) is 26.3. The number of phosphoric acid groups is 1. The van der Waals surface area contributed by atoms with Gasteiger partial charge in [-0.1, -0.05) is 0 Å². The number of imidazole rings is 2. The molecule has 246 valence electrons. The molecule has 0 spiro atoms. The molecule has 3 aliphatic heterocycles. The highest BCUT2D eigenvalue weighted by atomic mass is 35.5. The first-order valence-corrected chi connectivity index (χ1v) is 17.9. The van der Waals surface area contributed by atoms with Gasteiger partial charge in [0, 0.05) is 12.3 Å². The number of nitrogens with zero attached hydrogens (tertiary/aromatic N) is 7. The summed E-state index contributed by atoms with van der Waals surface area (Å²) in [5, 5.41) is 11.0. The maximum Gasteiger partial charge on any atom is 0.472 e. The summed E-state index contributed by atoms with van der Waals surface area (Å²) in [6.45, 7) is -5.19. The Balaban J connectivity index is 1.12. The Bertz CT molecular complexity index is 2070. The van der Waals surface area contributed by atoms with Crippen LogP contribution in [0.5, 0.6) is 0 Å². The van der Waals surface area contributed by atoms with E-state index in [0.717, 1.165) is 6.33 Å². The molecule has 46 heavy (non-hydrogen) atoms. The minimum Gasteiger partial charge on any atom is -0.387 e. The monoisotopic (exact) mass is 720 g/mol. The highest BCUT2D eigenvalue weighted by Crippen LogP contribution is 2.65. The molecule has 8 N–H and O–H groups in total. The third-order valence-corrected chi connectivity index (χ3v) is 10.9. The summed E-state index contributed by atoms with van der Waals surface area (Å²) < 4.78 is 50.6. The fourth-order valence-corrected chi connectivity index (χ4v) is 8.73. The lowest BCUT2D eigenvalue weighted by atomic mass is 10.1. The lowest BCUT2D eigenvalue weighted by Gasteiger charge is -2.28. The van der Waals surface area contributed by atoms with Crippen LogP contribution >= 0.6 is 26.1 Å². The van der Waals surface area contributed by atoms with Gasteiger partial charge in [-0.25, -0.2) is 14.5 Å². The molecule has 4 fully saturated rings. The average Bonchev–Trinajstić information content (AvgIpc) is 3.31. The lowest BCUT2D eigenvalue weighted by Crippen LogP contribution is -2.35. The molecule has 0 aromatic carbocycles. The molecule has 0 radical (unpaired) electrons. The van der Waals surface area contributed by atoms with E-state index in [1.807, 2.05) is 0 Å². The molecule has 21 nitrogen and oxygen atoms in total. The summed E-state index contributed by atoms with van der Waals surface area (Å²) in [5.74, 6) is -0.667. The Hall–Kier alpha value is -2.69. The highest BCUT2D eigenvalue weighted by Gasteiger charge is 2.71. The summed E-state index contributed by atoms with van der Waals surface area (Å²) in [7, 11) is -4.99. The number of nitrogens with two attached hydrogens (primary N) is 2. The van der Waals surface area contributed by atoms with Crippen LogP contribution in [-0.4, -0.2) is 97.7 Å². The number of hydrogen-bond acceptors (Lipinski definition) is 17. The van der Waals surface area contributed by atoms with Crippen LogP contribution in [0, 0.1) is 5.92 Å². The van der Waals surface area contributed by atoms with Gasteiger partial charge in [0.25, 0.3) is 5.56 Å². The number of aromatic nitrogens is 8. The van der Waals surface area contributed by atoms with E-state index in [2.05, 4.69) is 29.9 Å². The second-order valence-electron chi connectivity index (χ2n) is 11.0. The van der Waals surface area contributed by atoms with Crippen LogP contribution in [-0.2, 0) is 49.7 Å². The maximum atomic E-state index is 13.3. The second kappa shape index (κ2) is 10.4. The van der Waals surface area contributed by atoms with Crippen molar-refractivity contribution < 1.29 is 47.0 Å². The minimum atomic E-state index is -4.99. The number of phosphoric ester groups is 1. The van der Waals surface area contributed by atoms with Crippen LogP contribution in [0.25, 0.3) is 22.3 Å². The Morgan fingerprint density at radius 3 is 2.61 bits per heavy atom. The molecule has 0 amide bonds. The normalized spacial score (nSPS) is 39.4. The number of aliphatic hydroxyl groups is 1. The number of nitrogens with one attached hydrogen (secondary N) is 1. The summed E-state index contributed by atoms with van der Waals surface area (Å²) in [6, 6.07) is 0. The van der Waals surface area contributed by atoms with E-state index in [0.29, 0.717) is 6.42 Å². The number of fused-ring (bicyclic) bond motifs is 7. The molecule has 1 saturated carbocycles. The molecule has 1 aliphatic carbocycles. The molecule has 2 bridgehead atoms. The van der Waals surface area contributed by atoms with Crippen molar-refractivity contribution in [3.05, 3.63) is 28.3 Å². The number of aromatic amines is 1. The van der Waals surface area contributed by atoms with Gasteiger partial charge in [-0.05, 0) is 23.4 Å². The van der Waals surface area contributed by atoms with E-state index >= 15 is 0 Å². The van der Waals surface area contributed by atoms with Gasteiger partial charge in [-0.2, -0.15) is 15.0 Å². The van der Waals surface area contributed by atoms with Crippen molar-refractivity contribution >= 4 is 72.0 Å². The van der Waals surface area contributed by atoms with Gasteiger partial charge in [-0.15, -0.1) is 0 Å². The quantitative estimate of drug-likeness (QED) is 0.110. The molecular weight excluding hydrogens is 698 g/mol. The number of nitrogen functional groups attached to an aromatic ring is 2. The Labute approximate surface area is 265 Å². The van der Waals surface area contributed by atoms with Crippen molar-refractivity contribution in [3.8, 4) is 0 Å². The maximum absolute atomic E-state index is 13.3. The third kappa shape index (κ3) is 4.88. The zero-order valence-electron chi connectivity index (χ0n) is 22.9. The highest BCUT2D eigenvalue weighted by molar-refractivity contribution is 8.07. The third-order valence-electron chi connectivity index (χ3n) is 8.20. The van der Waals surface area contributed by atoms with E-state index < -0.39 is 81.7 Å². The van der Waals surface area contributed by atoms with E-state index in [4.69, 9.17) is 62.4 Å². The molecule has 8 rings (SSSR count). The largest absolute Gasteiger partial charge is 0.472 e. The number of rotatable bonds is 2. The van der Waals surface area contributed by atoms with Gasteiger partial charge >= 0.3 is 14.5 Å². The molecule has 6 unspecified atom stereocenters. The van der Waals surface area contributed by atoms with Crippen LogP contribution in [0.3, 0.4) is 0 Å². The van der Waals surface area contributed by atoms with Crippen molar-refractivity contribution in [2.75, 3.05) is 24.7 Å². The summed E-state index contributed by atoms with van der Waals surface area (Å²) in [5.41, 5.74) is 10.2. The minimum absolute atomic E-state index is 0.0483. The van der Waals surface area contributed by atoms with Gasteiger partial charge < -0.3 is 44.9 Å². The van der Waals surface area contributed by atoms with Crippen molar-refractivity contribution in [2.45, 2.75) is 48.9 Å². The van der Waals surface area contributed by atoms with Crippen molar-refractivity contribution in [3.63, 3.8) is 0 Å². The Morgan fingerprint density at radius 2 is 1.80 bits per heavy atom. The summed E-state index contributed by atoms with van der Waals surface area (Å²) >= 11 is 11.3. The number of H-pyrrole nitrogens is 1. The molecule has 25 heteroatoms. The molecule has 4 aliphatic rings. The standard InChI is InChI=1S/C21H23ClN10O11P2S/c22-19-27-14(23)9-16(28-19)32(5-26-9)21-1-6(21)12-8(41-21)3-38-44(35,36)42-13-11(33)7(2-39-45(37,46)43-12)40-18(13)31-4-25-10-15(31)29-20(24)30-17(10)34/h4-8,11-13,18,33H,1-3H2,(H,35,36)(H,37,46)(H2,23,27,28)(H3,24,29,30,34)/t6?,7-,8-,11?,12?,13?,18-,21+,45?/m1/s1. The number of ether oxygens (including phenoxy) is 2. The predicted molar refractivity (Wildman–Crippen MR) is 156 cm³/mol. The lowest BCUT2D eigenvalue weighted by molar-refractivity contribution is -0.0896. The van der Waals surface area contributed by atoms with Gasteiger partial charge in [0.15, 0.2) is 34.6 Å². The van der Waals surface area contributed by atoms with Crippen molar-refractivity contribution in [1.82, 2.24) is 39.0 Å². The number of hydrogen-bond donors (Lipinski definition) is 6. The fraction of sp³-hybridized carbons (Fsp3) is 0.524. The van der Waals surface area contributed by atoms with Crippen LogP contribution in [0.1, 0.15) is 12.6 Å².